The SMILES string of the molecule is CC1(C)C(O)CC1CC(=O)NC1CCN(c2ccc(C#N)cc2)CC1. The molecular weight excluding hydrogens is 314 g/mol. The lowest BCUT2D eigenvalue weighted by Crippen LogP contribution is -2.52. The van der Waals surface area contributed by atoms with Crippen molar-refractivity contribution in [2.45, 2.75) is 51.7 Å². The molecule has 5 nitrogen and oxygen atoms in total. The van der Waals surface area contributed by atoms with Crippen LogP contribution in [0, 0.1) is 22.7 Å². The van der Waals surface area contributed by atoms with Crippen molar-refractivity contribution < 1.29 is 9.90 Å². The molecular formula is C20H27N3O2. The summed E-state index contributed by atoms with van der Waals surface area (Å²) in [7, 11) is 0. The summed E-state index contributed by atoms with van der Waals surface area (Å²) >= 11 is 0. The number of nitrogens with zero attached hydrogens (tertiary/aromatic N) is 2. The lowest BCUT2D eigenvalue weighted by atomic mass is 9.59. The van der Waals surface area contributed by atoms with Gasteiger partial charge < -0.3 is 15.3 Å². The number of benzene rings is 1. The molecule has 1 aliphatic carbocycles. The highest BCUT2D eigenvalue weighted by molar-refractivity contribution is 5.76. The molecule has 1 amide bonds. The molecule has 2 N–H and O–H groups in total. The van der Waals surface area contributed by atoms with Gasteiger partial charge in [-0.3, -0.25) is 4.79 Å². The number of carbonyl (C=O) groups excluding carboxylic acids is 1. The standard InChI is InChI=1S/C20H27N3O2/c1-20(2)15(11-18(20)24)12-19(25)22-16-7-9-23(10-8-16)17-5-3-14(13-21)4-6-17/h3-6,15-16,18,24H,7-12H2,1-2H3,(H,22,25). The van der Waals surface area contributed by atoms with Gasteiger partial charge in [-0.2, -0.15) is 5.26 Å². The fourth-order valence-corrected chi connectivity index (χ4v) is 3.87. The highest BCUT2D eigenvalue weighted by Crippen LogP contribution is 2.47. The second-order valence-corrected chi connectivity index (χ2v) is 7.96. The first-order chi connectivity index (χ1) is 11.9. The Morgan fingerprint density at radius 1 is 1.32 bits per heavy atom. The molecule has 1 heterocycles. The first-order valence-corrected chi connectivity index (χ1v) is 9.12. The Hall–Kier alpha value is -2.06. The highest BCUT2D eigenvalue weighted by atomic mass is 16.3. The number of carbonyl (C=O) groups is 1. The third-order valence-electron chi connectivity index (χ3n) is 6.07. The Balaban J connectivity index is 1.44. The van der Waals surface area contributed by atoms with E-state index in [9.17, 15) is 9.90 Å². The zero-order valence-electron chi connectivity index (χ0n) is 15.0. The maximum absolute atomic E-state index is 12.3. The van der Waals surface area contributed by atoms with Crippen LogP contribution < -0.4 is 10.2 Å². The third kappa shape index (κ3) is 3.80. The molecule has 0 bridgehead atoms. The van der Waals surface area contributed by atoms with Crippen LogP contribution >= 0.6 is 0 Å². The van der Waals surface area contributed by atoms with Gasteiger partial charge in [-0.25, -0.2) is 0 Å². The summed E-state index contributed by atoms with van der Waals surface area (Å²) in [5, 5.41) is 21.8. The highest BCUT2D eigenvalue weighted by Gasteiger charge is 2.47. The fourth-order valence-electron chi connectivity index (χ4n) is 3.87. The summed E-state index contributed by atoms with van der Waals surface area (Å²) in [6.07, 6.45) is 2.84. The quantitative estimate of drug-likeness (QED) is 0.882. The van der Waals surface area contributed by atoms with E-state index in [1.54, 1.807) is 0 Å². The van der Waals surface area contributed by atoms with E-state index in [0.717, 1.165) is 38.0 Å². The predicted octanol–water partition coefficient (Wildman–Crippen LogP) is 2.44. The number of nitriles is 1. The van der Waals surface area contributed by atoms with Crippen molar-refractivity contribution in [3.8, 4) is 6.07 Å². The minimum Gasteiger partial charge on any atom is -0.393 e. The van der Waals surface area contributed by atoms with Crippen LogP contribution in [-0.4, -0.2) is 36.2 Å². The van der Waals surface area contributed by atoms with E-state index in [1.165, 1.54) is 0 Å². The Kier molecular flexibility index (Phi) is 5.01. The zero-order valence-corrected chi connectivity index (χ0v) is 15.0. The molecule has 1 aromatic rings. The molecule has 2 aliphatic rings. The second-order valence-electron chi connectivity index (χ2n) is 7.96. The normalized spacial score (nSPS) is 25.8. The maximum Gasteiger partial charge on any atom is 0.220 e. The van der Waals surface area contributed by atoms with Crippen LogP contribution in [-0.2, 0) is 4.79 Å². The maximum atomic E-state index is 12.3. The zero-order chi connectivity index (χ0) is 18.0. The molecule has 0 aromatic heterocycles. The van der Waals surface area contributed by atoms with Crippen molar-refractivity contribution in [2.75, 3.05) is 18.0 Å². The molecule has 1 saturated carbocycles. The lowest BCUT2D eigenvalue weighted by Gasteiger charge is -2.49. The summed E-state index contributed by atoms with van der Waals surface area (Å²) in [5.74, 6) is 0.392. The van der Waals surface area contributed by atoms with E-state index in [0.29, 0.717) is 12.0 Å². The average Bonchev–Trinajstić information content (AvgIpc) is 2.62. The van der Waals surface area contributed by atoms with Gasteiger partial charge in [0.25, 0.3) is 0 Å². The second kappa shape index (κ2) is 7.05. The molecule has 3 rings (SSSR count). The van der Waals surface area contributed by atoms with E-state index in [1.807, 2.05) is 38.1 Å². The summed E-state index contributed by atoms with van der Waals surface area (Å²) < 4.78 is 0. The topological polar surface area (TPSA) is 76.4 Å². The van der Waals surface area contributed by atoms with Crippen molar-refractivity contribution in [2.24, 2.45) is 11.3 Å². The molecule has 134 valence electrons. The van der Waals surface area contributed by atoms with Crippen LogP contribution in [0.15, 0.2) is 24.3 Å². The van der Waals surface area contributed by atoms with Crippen LogP contribution in [0.4, 0.5) is 5.69 Å². The summed E-state index contributed by atoms with van der Waals surface area (Å²) in [5.41, 5.74) is 1.67. The minimum absolute atomic E-state index is 0.113. The largest absolute Gasteiger partial charge is 0.393 e. The van der Waals surface area contributed by atoms with Gasteiger partial charge in [0, 0.05) is 31.2 Å². The van der Waals surface area contributed by atoms with Crippen LogP contribution in [0.5, 0.6) is 0 Å². The average molecular weight is 341 g/mol. The molecule has 1 aromatic carbocycles. The Morgan fingerprint density at radius 2 is 1.96 bits per heavy atom. The van der Waals surface area contributed by atoms with E-state index >= 15 is 0 Å². The van der Waals surface area contributed by atoms with Crippen molar-refractivity contribution in [3.63, 3.8) is 0 Å². The van der Waals surface area contributed by atoms with Crippen molar-refractivity contribution >= 4 is 11.6 Å². The summed E-state index contributed by atoms with van der Waals surface area (Å²) in [6, 6.07) is 10.0. The Bertz CT molecular complexity index is 655. The van der Waals surface area contributed by atoms with E-state index in [2.05, 4.69) is 16.3 Å². The number of hydrogen-bond acceptors (Lipinski definition) is 4. The molecule has 2 fully saturated rings. The molecule has 25 heavy (non-hydrogen) atoms. The number of anilines is 1. The molecule has 0 spiro atoms. The molecule has 1 aliphatic heterocycles. The summed E-state index contributed by atoms with van der Waals surface area (Å²) in [4.78, 5) is 14.6. The Morgan fingerprint density at radius 3 is 2.48 bits per heavy atom. The van der Waals surface area contributed by atoms with Crippen LogP contribution in [0.25, 0.3) is 0 Å². The molecule has 0 radical (unpaired) electrons. The van der Waals surface area contributed by atoms with Gasteiger partial charge in [0.15, 0.2) is 0 Å². The fraction of sp³-hybridized carbons (Fsp3) is 0.600. The number of aliphatic hydroxyl groups excluding tert-OH is 1. The van der Waals surface area contributed by atoms with Crippen molar-refractivity contribution in [1.29, 1.82) is 5.26 Å². The van der Waals surface area contributed by atoms with Crippen molar-refractivity contribution in [1.82, 2.24) is 5.32 Å². The number of amides is 1. The Labute approximate surface area is 149 Å². The third-order valence-corrected chi connectivity index (χ3v) is 6.07. The minimum atomic E-state index is -0.277. The summed E-state index contributed by atoms with van der Waals surface area (Å²) in [6.45, 7) is 5.89. The molecule has 1 saturated heterocycles. The number of nitrogens with one attached hydrogen (secondary N) is 1. The number of rotatable bonds is 4. The molecule has 2 atom stereocenters. The van der Waals surface area contributed by atoms with Crippen LogP contribution in [0.1, 0.15) is 45.1 Å². The predicted molar refractivity (Wildman–Crippen MR) is 97.0 cm³/mol. The number of hydrogen-bond donors (Lipinski definition) is 2. The first kappa shape index (κ1) is 17.8. The van der Waals surface area contributed by atoms with Gasteiger partial charge in [-0.15, -0.1) is 0 Å². The van der Waals surface area contributed by atoms with Gasteiger partial charge in [-0.1, -0.05) is 13.8 Å². The van der Waals surface area contributed by atoms with Crippen molar-refractivity contribution in [3.05, 3.63) is 29.8 Å². The lowest BCUT2D eigenvalue weighted by molar-refractivity contribution is -0.134. The van der Waals surface area contributed by atoms with Gasteiger partial charge in [0.05, 0.1) is 17.7 Å². The molecule has 2 unspecified atom stereocenters. The van der Waals surface area contributed by atoms with Gasteiger partial charge >= 0.3 is 0 Å². The van der Waals surface area contributed by atoms with Gasteiger partial charge in [0.1, 0.15) is 0 Å². The van der Waals surface area contributed by atoms with E-state index in [4.69, 9.17) is 5.26 Å². The van der Waals surface area contributed by atoms with Crippen LogP contribution in [0.2, 0.25) is 0 Å². The smallest absolute Gasteiger partial charge is 0.220 e. The monoisotopic (exact) mass is 341 g/mol. The number of aliphatic hydroxyl groups is 1. The van der Waals surface area contributed by atoms with E-state index < -0.39 is 0 Å². The number of piperidine rings is 1. The van der Waals surface area contributed by atoms with Gasteiger partial charge in [0.2, 0.25) is 5.91 Å². The molecule has 5 heteroatoms. The van der Waals surface area contributed by atoms with Crippen LogP contribution in [0.3, 0.4) is 0 Å². The van der Waals surface area contributed by atoms with E-state index in [-0.39, 0.29) is 29.4 Å². The van der Waals surface area contributed by atoms with Gasteiger partial charge in [-0.05, 0) is 54.9 Å². The first-order valence-electron chi connectivity index (χ1n) is 9.12.